The van der Waals surface area contributed by atoms with Crippen molar-refractivity contribution in [3.8, 4) is 11.1 Å². The lowest BCUT2D eigenvalue weighted by Gasteiger charge is -2.52. The van der Waals surface area contributed by atoms with Crippen molar-refractivity contribution in [1.82, 2.24) is 24.2 Å². The lowest BCUT2D eigenvalue weighted by Crippen LogP contribution is -2.52. The zero-order valence-corrected chi connectivity index (χ0v) is 32.5. The number of carbonyl (C=O) groups is 2. The predicted molar refractivity (Wildman–Crippen MR) is 212 cm³/mol. The molecule has 6 heterocycles. The van der Waals surface area contributed by atoms with Crippen LogP contribution in [0, 0.1) is 11.3 Å². The highest BCUT2D eigenvalue weighted by Gasteiger charge is 2.49. The van der Waals surface area contributed by atoms with Crippen LogP contribution in [0.3, 0.4) is 0 Å². The number of piperidine rings is 1. The first kappa shape index (κ1) is 37.4. The number of carboxylic acid groups (broad SMARTS) is 1. The number of carboxylic acids is 1. The number of halogens is 2. The lowest BCUT2D eigenvalue weighted by molar-refractivity contribution is -0.479. The van der Waals surface area contributed by atoms with E-state index in [1.54, 1.807) is 37.1 Å². The number of rotatable bonds is 6. The van der Waals surface area contributed by atoms with Crippen LogP contribution in [0.15, 0.2) is 51.5 Å². The number of hydrogen-bond acceptors (Lipinski definition) is 8. The summed E-state index contributed by atoms with van der Waals surface area (Å²) in [5.41, 5.74) is 5.31. The number of carbonyl (C=O) groups excluding carboxylic acids is 1. The van der Waals surface area contributed by atoms with E-state index in [9.17, 15) is 18.4 Å². The molecule has 0 bridgehead atoms. The normalized spacial score (nSPS) is 25.4. The molecule has 3 fully saturated rings. The number of aliphatic carboxylic acids is 1. The van der Waals surface area contributed by atoms with Gasteiger partial charge in [0.05, 0.1) is 24.7 Å². The first-order chi connectivity index (χ1) is 27.5. The number of ether oxygens (including phenoxy) is 1. The number of aryl methyl sites for hydroxylation is 2. The second kappa shape index (κ2) is 14.9. The monoisotopic (exact) mass is 781 g/mol. The summed E-state index contributed by atoms with van der Waals surface area (Å²) >= 11 is 0. The highest BCUT2D eigenvalue weighted by atomic mass is 19.3. The Kier molecular flexibility index (Phi) is 9.79. The number of likely N-dealkylation sites (tertiary alicyclic amines) is 1. The number of aliphatic imine (C=N–C) groups is 1. The summed E-state index contributed by atoms with van der Waals surface area (Å²) in [7, 11) is 1.79. The minimum Gasteiger partial charge on any atom is -0.477 e. The van der Waals surface area contributed by atoms with Crippen molar-refractivity contribution in [1.29, 1.82) is 0 Å². The minimum absolute atomic E-state index is 0.0126. The number of amides is 1. The molecule has 1 amide bonds. The number of hydrazone groups is 1. The Hall–Kier alpha value is -5.23. The summed E-state index contributed by atoms with van der Waals surface area (Å²) in [4.78, 5) is 34.4. The highest BCUT2D eigenvalue weighted by molar-refractivity contribution is 6.19. The van der Waals surface area contributed by atoms with E-state index in [1.165, 1.54) is 6.21 Å². The number of anilines is 1. The van der Waals surface area contributed by atoms with Gasteiger partial charge < -0.3 is 24.5 Å². The Labute approximate surface area is 330 Å². The molecule has 2 saturated carbocycles. The average molecular weight is 782 g/mol. The summed E-state index contributed by atoms with van der Waals surface area (Å²) < 4.78 is 42.9. The number of aromatic nitrogens is 2. The van der Waals surface area contributed by atoms with E-state index in [-0.39, 0.29) is 29.2 Å². The Balaban J connectivity index is 0.872. The molecule has 1 N–H and O–H groups in total. The average Bonchev–Trinajstić information content (AvgIpc) is 3.80. The van der Waals surface area contributed by atoms with Gasteiger partial charge in [0.25, 0.3) is 6.43 Å². The molecule has 1 spiro atoms. The minimum atomic E-state index is -2.65. The Morgan fingerprint density at radius 3 is 2.56 bits per heavy atom. The molecule has 1 aromatic carbocycles. The molecule has 2 aliphatic carbocycles. The fraction of sp³-hybridized carbons (Fsp3) is 0.548. The molecule has 13 nitrogen and oxygen atoms in total. The molecule has 2 aromatic rings. The number of amidine groups is 2. The molecule has 0 unspecified atom stereocenters. The van der Waals surface area contributed by atoms with E-state index < -0.39 is 12.4 Å². The molecule has 7 aliphatic rings. The Morgan fingerprint density at radius 1 is 1.11 bits per heavy atom. The largest absolute Gasteiger partial charge is 0.606 e. The summed E-state index contributed by atoms with van der Waals surface area (Å²) in [5.74, 6) is 2.53. The summed E-state index contributed by atoms with van der Waals surface area (Å²) in [6, 6.07) is 4.32. The zero-order chi connectivity index (χ0) is 39.4. The summed E-state index contributed by atoms with van der Waals surface area (Å²) in [6.07, 6.45) is 15.3. The van der Waals surface area contributed by atoms with Crippen molar-refractivity contribution in [2.75, 3.05) is 37.6 Å². The number of hydrogen-bond donors (Lipinski definition) is 1. The fourth-order valence-corrected chi connectivity index (χ4v) is 10.1. The van der Waals surface area contributed by atoms with Gasteiger partial charge in [-0.3, -0.25) is 9.48 Å². The van der Waals surface area contributed by atoms with Crippen LogP contribution in [0.4, 0.5) is 14.5 Å². The van der Waals surface area contributed by atoms with Crippen LogP contribution < -0.4 is 9.57 Å². The van der Waals surface area contributed by atoms with Crippen molar-refractivity contribution in [2.45, 2.75) is 96.1 Å². The molecule has 0 radical (unpaired) electrons. The molecule has 9 rings (SSSR count). The van der Waals surface area contributed by atoms with Gasteiger partial charge >= 0.3 is 12.0 Å². The fourth-order valence-electron chi connectivity index (χ4n) is 10.1. The van der Waals surface area contributed by atoms with Crippen LogP contribution in [0.1, 0.15) is 88.7 Å². The maximum absolute atomic E-state index is 14.7. The van der Waals surface area contributed by atoms with Crippen molar-refractivity contribution < 1.29 is 32.9 Å². The van der Waals surface area contributed by atoms with Gasteiger partial charge in [-0.25, -0.2) is 13.6 Å². The lowest BCUT2D eigenvalue weighted by atomic mass is 9.61. The highest BCUT2D eigenvalue weighted by Crippen LogP contribution is 2.51. The zero-order valence-electron chi connectivity index (χ0n) is 32.5. The molecule has 15 heteroatoms. The summed E-state index contributed by atoms with van der Waals surface area (Å²) in [5, 5.41) is 18.5. The van der Waals surface area contributed by atoms with Gasteiger partial charge in [-0.2, -0.15) is 5.10 Å². The van der Waals surface area contributed by atoms with Crippen molar-refractivity contribution in [3.63, 3.8) is 0 Å². The quantitative estimate of drug-likeness (QED) is 0.332. The molecule has 0 atom stereocenters. The first-order valence-electron chi connectivity index (χ1n) is 20.3. The first-order valence-corrected chi connectivity index (χ1v) is 20.3. The van der Waals surface area contributed by atoms with Crippen molar-refractivity contribution >= 4 is 47.7 Å². The number of benzene rings is 1. The van der Waals surface area contributed by atoms with Crippen LogP contribution in [0.2, 0.25) is 0 Å². The summed E-state index contributed by atoms with van der Waals surface area (Å²) in [6.45, 7) is 5.52. The van der Waals surface area contributed by atoms with Gasteiger partial charge in [-0.05, 0) is 106 Å². The van der Waals surface area contributed by atoms with E-state index in [4.69, 9.17) is 14.9 Å². The number of alkyl halides is 2. The van der Waals surface area contributed by atoms with Crippen molar-refractivity contribution in [3.05, 3.63) is 52.5 Å². The van der Waals surface area contributed by atoms with E-state index in [2.05, 4.69) is 41.3 Å². The van der Waals surface area contributed by atoms with Crippen LogP contribution >= 0.6 is 0 Å². The van der Waals surface area contributed by atoms with Gasteiger partial charge in [-0.15, -0.1) is 4.67 Å². The Morgan fingerprint density at radius 2 is 1.89 bits per heavy atom. The second-order valence-electron chi connectivity index (χ2n) is 16.8. The SMILES string of the molecule is CC(=O)N1CCC2=C(C1)C(N1CCCc3cc(-c4cnn(C)c4)c(C(F)F)cc31)=N/[N+]2=C/C1CCC(N2CCC3(CC2)CC(OC2=[N+]=C=C(C(=O)O)C=N2)C3)CC1. The maximum Gasteiger partial charge on any atom is 0.606 e. The standard InChI is InChI=1S/C42H48F2N9O4/c1-26(54)51-13-9-36-35(25-51)39(52-12-3-4-28-16-33(30-22-47-49(2)24-30)34(38(43)44)17-37(28)52)48-53(36)23-27-5-7-31(8-6-27)50-14-10-42(11-15-50)18-32(19-42)57-41-45-20-29(21-46-41)40(55)56/h16-17,20,22-24,27,31-32,38H,3-15,18-19,25H2,1-2H3/q+1/p+1/b53-23+. The third-order valence-corrected chi connectivity index (χ3v) is 13.3. The topological polar surface area (TPSA) is 133 Å². The van der Waals surface area contributed by atoms with E-state index in [0.717, 1.165) is 106 Å². The van der Waals surface area contributed by atoms with Gasteiger partial charge in [0.1, 0.15) is 6.10 Å². The molecule has 298 valence electrons. The Bertz CT molecular complexity index is 2220. The molecule has 5 aliphatic heterocycles. The van der Waals surface area contributed by atoms with Gasteiger partial charge in [0, 0.05) is 72.1 Å². The molecular formula is C42H49F2N9O4+2. The smallest absolute Gasteiger partial charge is 0.477 e. The molecule has 1 saturated heterocycles. The van der Waals surface area contributed by atoms with E-state index in [0.29, 0.717) is 54.6 Å². The molecular weight excluding hydrogens is 733 g/mol. The number of nitrogens with zero attached hydrogens (tertiary/aromatic N) is 9. The van der Waals surface area contributed by atoms with Crippen molar-refractivity contribution in [2.24, 2.45) is 28.5 Å². The predicted octanol–water partition coefficient (Wildman–Crippen LogP) is 4.70. The van der Waals surface area contributed by atoms with Crippen LogP contribution in [-0.4, -0.2) is 116 Å². The van der Waals surface area contributed by atoms with Crippen LogP contribution in [0.25, 0.3) is 11.1 Å². The number of fused-ring (bicyclic) bond motifs is 1. The third-order valence-electron chi connectivity index (χ3n) is 13.3. The van der Waals surface area contributed by atoms with E-state index >= 15 is 0 Å². The van der Waals surface area contributed by atoms with Crippen LogP contribution in [-0.2, 0) is 27.8 Å². The van der Waals surface area contributed by atoms with Gasteiger partial charge in [0.2, 0.25) is 28.9 Å². The molecule has 1 aromatic heterocycles. The molecule has 57 heavy (non-hydrogen) atoms. The second-order valence-corrected chi connectivity index (χ2v) is 16.8. The van der Waals surface area contributed by atoms with Gasteiger partial charge in [0.15, 0.2) is 12.4 Å². The van der Waals surface area contributed by atoms with Gasteiger partial charge in [-0.1, -0.05) is 4.68 Å². The van der Waals surface area contributed by atoms with E-state index in [1.807, 2.05) is 11.0 Å². The van der Waals surface area contributed by atoms with Crippen LogP contribution in [0.5, 0.6) is 0 Å². The maximum atomic E-state index is 14.7. The third kappa shape index (κ3) is 7.28.